The molecule has 0 aromatic heterocycles. The van der Waals surface area contributed by atoms with E-state index >= 15 is 0 Å². The Morgan fingerprint density at radius 1 is 1.10 bits per heavy atom. The van der Waals surface area contributed by atoms with Crippen LogP contribution in [0.25, 0.3) is 0 Å². The Labute approximate surface area is 128 Å². The fourth-order valence-electron chi connectivity index (χ4n) is 2.43. The van der Waals surface area contributed by atoms with Crippen LogP contribution in [-0.4, -0.2) is 5.71 Å². The van der Waals surface area contributed by atoms with Gasteiger partial charge in [-0.2, -0.15) is 0 Å². The summed E-state index contributed by atoms with van der Waals surface area (Å²) in [7, 11) is 0. The van der Waals surface area contributed by atoms with Crippen molar-refractivity contribution in [1.82, 2.24) is 0 Å². The van der Waals surface area contributed by atoms with Crippen LogP contribution >= 0.6 is 11.8 Å². The maximum atomic E-state index is 13.6. The molecule has 0 atom stereocenters. The number of benzene rings is 2. The average molecular weight is 297 g/mol. The topological polar surface area (TPSA) is 12.4 Å². The third kappa shape index (κ3) is 2.79. The summed E-state index contributed by atoms with van der Waals surface area (Å²) in [6.07, 6.45) is 0.867. The van der Waals surface area contributed by atoms with Gasteiger partial charge in [0.05, 0.1) is 11.4 Å². The van der Waals surface area contributed by atoms with E-state index in [0.717, 1.165) is 29.0 Å². The number of hydrogen-bond acceptors (Lipinski definition) is 2. The third-order valence-electron chi connectivity index (χ3n) is 3.49. The van der Waals surface area contributed by atoms with Gasteiger partial charge in [0.15, 0.2) is 0 Å². The van der Waals surface area contributed by atoms with E-state index in [2.05, 4.69) is 26.0 Å². The van der Waals surface area contributed by atoms with Crippen LogP contribution in [0.1, 0.15) is 31.4 Å². The number of halogens is 1. The molecule has 3 heteroatoms. The summed E-state index contributed by atoms with van der Waals surface area (Å²) in [6, 6.07) is 14.8. The Kier molecular flexibility index (Phi) is 3.93. The summed E-state index contributed by atoms with van der Waals surface area (Å²) in [6.45, 7) is 4.19. The zero-order chi connectivity index (χ0) is 14.8. The second kappa shape index (κ2) is 5.86. The highest BCUT2D eigenvalue weighted by Gasteiger charge is 2.18. The lowest BCUT2D eigenvalue weighted by molar-refractivity contribution is 0.627. The van der Waals surface area contributed by atoms with Gasteiger partial charge in [-0.25, -0.2) is 4.39 Å². The minimum Gasteiger partial charge on any atom is -0.251 e. The fraction of sp³-hybridized carbons (Fsp3) is 0.167. The van der Waals surface area contributed by atoms with Crippen molar-refractivity contribution in [1.29, 1.82) is 0 Å². The second-order valence-corrected chi connectivity index (χ2v) is 6.18. The zero-order valence-electron chi connectivity index (χ0n) is 12.1. The predicted molar refractivity (Wildman–Crippen MR) is 87.3 cm³/mol. The van der Waals surface area contributed by atoms with E-state index in [1.165, 1.54) is 15.9 Å². The molecule has 1 nitrogen and oxygen atoms in total. The molecule has 1 aliphatic heterocycles. The first-order valence-corrected chi connectivity index (χ1v) is 7.82. The number of nitrogens with zero attached hydrogens (tertiary/aromatic N) is 1. The van der Waals surface area contributed by atoms with Gasteiger partial charge in [0.25, 0.3) is 0 Å². The molecule has 2 aromatic carbocycles. The highest BCUT2D eigenvalue weighted by molar-refractivity contribution is 8.03. The molecule has 0 amide bonds. The first kappa shape index (κ1) is 14.1. The second-order valence-electron chi connectivity index (χ2n) is 4.93. The van der Waals surface area contributed by atoms with Crippen LogP contribution in [-0.2, 0) is 0 Å². The van der Waals surface area contributed by atoms with Crippen molar-refractivity contribution in [2.45, 2.75) is 25.2 Å². The van der Waals surface area contributed by atoms with E-state index < -0.39 is 0 Å². The van der Waals surface area contributed by atoms with Crippen LogP contribution in [0.15, 0.2) is 69.0 Å². The SMILES string of the molecule is CCC1=C(C)Sc2ccccc2C(c2cccc(F)c2)=N1. The van der Waals surface area contributed by atoms with Crippen LogP contribution in [0.3, 0.4) is 0 Å². The van der Waals surface area contributed by atoms with Gasteiger partial charge in [-0.3, -0.25) is 4.99 Å². The Morgan fingerprint density at radius 3 is 2.67 bits per heavy atom. The van der Waals surface area contributed by atoms with Gasteiger partial charge in [0.2, 0.25) is 0 Å². The number of aliphatic imine (C=N–C) groups is 1. The lowest BCUT2D eigenvalue weighted by Gasteiger charge is -2.09. The summed E-state index contributed by atoms with van der Waals surface area (Å²) in [5, 5.41) is 0. The quantitative estimate of drug-likeness (QED) is 0.722. The third-order valence-corrected chi connectivity index (χ3v) is 4.61. The molecule has 0 fully saturated rings. The van der Waals surface area contributed by atoms with Gasteiger partial charge in [-0.05, 0) is 31.5 Å². The average Bonchev–Trinajstić information content (AvgIpc) is 2.63. The predicted octanol–water partition coefficient (Wildman–Crippen LogP) is 5.41. The zero-order valence-corrected chi connectivity index (χ0v) is 12.9. The molecule has 1 heterocycles. The number of rotatable bonds is 2. The smallest absolute Gasteiger partial charge is 0.123 e. The molecule has 0 saturated heterocycles. The van der Waals surface area contributed by atoms with Crippen LogP contribution in [0.4, 0.5) is 4.39 Å². The Balaban J connectivity index is 2.24. The molecule has 0 bridgehead atoms. The van der Waals surface area contributed by atoms with Crippen molar-refractivity contribution in [2.75, 3.05) is 0 Å². The Morgan fingerprint density at radius 2 is 1.90 bits per heavy atom. The van der Waals surface area contributed by atoms with Crippen molar-refractivity contribution in [3.63, 3.8) is 0 Å². The van der Waals surface area contributed by atoms with Crippen molar-refractivity contribution in [3.05, 3.63) is 76.1 Å². The van der Waals surface area contributed by atoms with Crippen molar-refractivity contribution >= 4 is 17.5 Å². The van der Waals surface area contributed by atoms with E-state index in [9.17, 15) is 4.39 Å². The Bertz CT molecular complexity index is 746. The van der Waals surface area contributed by atoms with Gasteiger partial charge >= 0.3 is 0 Å². The maximum Gasteiger partial charge on any atom is 0.123 e. The minimum absolute atomic E-state index is 0.233. The number of thioether (sulfide) groups is 1. The molecule has 0 unspecified atom stereocenters. The molecule has 1 aliphatic rings. The number of allylic oxidation sites excluding steroid dienone is 2. The van der Waals surface area contributed by atoms with Gasteiger partial charge in [0.1, 0.15) is 5.82 Å². The largest absolute Gasteiger partial charge is 0.251 e. The lowest BCUT2D eigenvalue weighted by atomic mass is 10.0. The molecule has 2 aromatic rings. The molecular formula is C18H16FNS. The van der Waals surface area contributed by atoms with Gasteiger partial charge in [-0.15, -0.1) is 0 Å². The lowest BCUT2D eigenvalue weighted by Crippen LogP contribution is -2.05. The molecule has 21 heavy (non-hydrogen) atoms. The van der Waals surface area contributed by atoms with E-state index in [-0.39, 0.29) is 5.82 Å². The summed E-state index contributed by atoms with van der Waals surface area (Å²) >= 11 is 1.74. The van der Waals surface area contributed by atoms with Crippen LogP contribution < -0.4 is 0 Å². The summed E-state index contributed by atoms with van der Waals surface area (Å²) in [4.78, 5) is 7.21. The molecule has 0 aliphatic carbocycles. The molecule has 0 radical (unpaired) electrons. The van der Waals surface area contributed by atoms with Crippen LogP contribution in [0, 0.1) is 5.82 Å². The summed E-state index contributed by atoms with van der Waals surface area (Å²) < 4.78 is 13.6. The maximum absolute atomic E-state index is 13.6. The standard InChI is InChI=1S/C18H16FNS/c1-3-16-12(2)21-17-10-5-4-9-15(17)18(20-16)13-7-6-8-14(19)11-13/h4-11H,3H2,1-2H3. The number of hydrogen-bond donors (Lipinski definition) is 0. The van der Waals surface area contributed by atoms with Crippen molar-refractivity contribution in [3.8, 4) is 0 Å². The first-order chi connectivity index (χ1) is 10.2. The molecule has 0 N–H and O–H groups in total. The van der Waals surface area contributed by atoms with E-state index in [1.54, 1.807) is 23.9 Å². The van der Waals surface area contributed by atoms with Crippen molar-refractivity contribution in [2.24, 2.45) is 4.99 Å². The Hall–Kier alpha value is -1.87. The molecule has 106 valence electrons. The molecule has 0 spiro atoms. The summed E-state index contributed by atoms with van der Waals surface area (Å²) in [5.74, 6) is -0.233. The summed E-state index contributed by atoms with van der Waals surface area (Å²) in [5.41, 5.74) is 3.81. The normalized spacial score (nSPS) is 14.5. The first-order valence-electron chi connectivity index (χ1n) is 7.00. The van der Waals surface area contributed by atoms with E-state index in [1.807, 2.05) is 18.2 Å². The van der Waals surface area contributed by atoms with Crippen molar-refractivity contribution < 1.29 is 4.39 Å². The minimum atomic E-state index is -0.233. The van der Waals surface area contributed by atoms with E-state index in [4.69, 9.17) is 4.99 Å². The van der Waals surface area contributed by atoms with Gasteiger partial charge in [0, 0.05) is 20.9 Å². The van der Waals surface area contributed by atoms with Crippen LogP contribution in [0.2, 0.25) is 0 Å². The fourth-order valence-corrected chi connectivity index (χ4v) is 3.49. The highest BCUT2D eigenvalue weighted by Crippen LogP contribution is 2.37. The van der Waals surface area contributed by atoms with Crippen LogP contribution in [0.5, 0.6) is 0 Å². The van der Waals surface area contributed by atoms with E-state index in [0.29, 0.717) is 0 Å². The van der Waals surface area contributed by atoms with Gasteiger partial charge < -0.3 is 0 Å². The highest BCUT2D eigenvalue weighted by atomic mass is 32.2. The molecular weight excluding hydrogens is 281 g/mol. The van der Waals surface area contributed by atoms with Gasteiger partial charge in [-0.1, -0.05) is 49.0 Å². The molecule has 3 rings (SSSR count). The molecule has 0 saturated carbocycles. The monoisotopic (exact) mass is 297 g/mol. The number of fused-ring (bicyclic) bond motifs is 1.